The fourth-order valence-electron chi connectivity index (χ4n) is 9.60. The number of hydrogen-bond acceptors (Lipinski definition) is 11. The molecule has 1 fully saturated rings. The van der Waals surface area contributed by atoms with Gasteiger partial charge in [0.15, 0.2) is 24.6 Å². The van der Waals surface area contributed by atoms with Crippen molar-refractivity contribution in [2.24, 2.45) is 0 Å². The highest BCUT2D eigenvalue weighted by Crippen LogP contribution is 2.27. The maximum Gasteiger partial charge on any atom is 0.335 e. The summed E-state index contributed by atoms with van der Waals surface area (Å²) in [6, 6.07) is 0. The SMILES string of the molecule is CC/C=C\C/C=C\C/C=C\C/C=C\CCCCCCCCC(=O)OCC(COC1OC(C(=O)O)C(O)C(O)C1OC(=O)CCCCCCCCCCCCC)OC(=O)CCCCCCCCCCCCCCCCCCC. The van der Waals surface area contributed by atoms with Crippen molar-refractivity contribution >= 4 is 23.9 Å². The fourth-order valence-corrected chi connectivity index (χ4v) is 9.60. The molecule has 0 radical (unpaired) electrons. The number of ether oxygens (including phenoxy) is 5. The lowest BCUT2D eigenvalue weighted by Gasteiger charge is -2.40. The molecule has 0 amide bonds. The van der Waals surface area contributed by atoms with Crippen LogP contribution >= 0.6 is 0 Å². The number of unbranched alkanes of at least 4 members (excludes halogenated alkanes) is 32. The summed E-state index contributed by atoms with van der Waals surface area (Å²) in [7, 11) is 0. The zero-order valence-electron chi connectivity index (χ0n) is 49.2. The summed E-state index contributed by atoms with van der Waals surface area (Å²) in [5.74, 6) is -3.11. The molecule has 0 aromatic rings. The number of rotatable bonds is 54. The topological polar surface area (TPSA) is 175 Å². The van der Waals surface area contributed by atoms with Crippen LogP contribution in [0.3, 0.4) is 0 Å². The molecule has 0 aromatic carbocycles. The number of carboxylic acid groups (broad SMARTS) is 1. The Morgan fingerprint density at radius 1 is 0.442 bits per heavy atom. The van der Waals surface area contributed by atoms with Crippen LogP contribution in [0.4, 0.5) is 0 Å². The molecule has 77 heavy (non-hydrogen) atoms. The van der Waals surface area contributed by atoms with Crippen molar-refractivity contribution in [3.63, 3.8) is 0 Å². The third-order valence-corrected chi connectivity index (χ3v) is 14.4. The van der Waals surface area contributed by atoms with Gasteiger partial charge < -0.3 is 39.0 Å². The number of aliphatic hydroxyl groups is 2. The highest BCUT2D eigenvalue weighted by Gasteiger charge is 2.50. The minimum absolute atomic E-state index is 0.0632. The minimum Gasteiger partial charge on any atom is -0.479 e. The molecule has 446 valence electrons. The quantitative estimate of drug-likeness (QED) is 0.0228. The second-order valence-electron chi connectivity index (χ2n) is 21.7. The van der Waals surface area contributed by atoms with Gasteiger partial charge in [-0.15, -0.1) is 0 Å². The Morgan fingerprint density at radius 3 is 1.25 bits per heavy atom. The zero-order valence-corrected chi connectivity index (χ0v) is 49.2. The Kier molecular flexibility index (Phi) is 49.7. The summed E-state index contributed by atoms with van der Waals surface area (Å²) in [6.45, 7) is 5.89. The zero-order chi connectivity index (χ0) is 56.1. The smallest absolute Gasteiger partial charge is 0.335 e. The van der Waals surface area contributed by atoms with E-state index in [-0.39, 0.29) is 25.9 Å². The number of carbonyl (C=O) groups is 4. The first-order valence-electron chi connectivity index (χ1n) is 31.6. The molecule has 12 nitrogen and oxygen atoms in total. The summed E-state index contributed by atoms with van der Waals surface area (Å²) >= 11 is 0. The van der Waals surface area contributed by atoms with E-state index < -0.39 is 67.3 Å². The number of aliphatic carboxylic acids is 1. The van der Waals surface area contributed by atoms with Gasteiger partial charge in [0.25, 0.3) is 0 Å². The van der Waals surface area contributed by atoms with Gasteiger partial charge in [-0.1, -0.05) is 262 Å². The molecular weight excluding hydrogens is 973 g/mol. The van der Waals surface area contributed by atoms with E-state index in [0.717, 1.165) is 109 Å². The van der Waals surface area contributed by atoms with Crippen molar-refractivity contribution in [3.05, 3.63) is 48.6 Å². The number of aliphatic hydroxyl groups excluding tert-OH is 2. The van der Waals surface area contributed by atoms with Crippen LogP contribution in [0.5, 0.6) is 0 Å². The lowest BCUT2D eigenvalue weighted by atomic mass is 9.98. The lowest BCUT2D eigenvalue weighted by molar-refractivity contribution is -0.301. The van der Waals surface area contributed by atoms with E-state index in [4.69, 9.17) is 23.7 Å². The van der Waals surface area contributed by atoms with E-state index in [9.17, 15) is 34.5 Å². The van der Waals surface area contributed by atoms with Gasteiger partial charge in [0, 0.05) is 19.3 Å². The van der Waals surface area contributed by atoms with Gasteiger partial charge in [0.2, 0.25) is 0 Å². The van der Waals surface area contributed by atoms with E-state index in [1.807, 2.05) is 0 Å². The third kappa shape index (κ3) is 43.2. The largest absolute Gasteiger partial charge is 0.479 e. The van der Waals surface area contributed by atoms with E-state index in [0.29, 0.717) is 19.3 Å². The second-order valence-corrected chi connectivity index (χ2v) is 21.7. The van der Waals surface area contributed by atoms with Crippen molar-refractivity contribution in [2.75, 3.05) is 13.2 Å². The number of esters is 3. The average Bonchev–Trinajstić information content (AvgIpc) is 3.42. The second kappa shape index (κ2) is 53.3. The van der Waals surface area contributed by atoms with Gasteiger partial charge in [0.1, 0.15) is 18.8 Å². The van der Waals surface area contributed by atoms with Crippen LogP contribution in [-0.2, 0) is 42.9 Å². The van der Waals surface area contributed by atoms with Gasteiger partial charge in [-0.05, 0) is 57.8 Å². The third-order valence-electron chi connectivity index (χ3n) is 14.4. The Hall–Kier alpha value is -3.32. The first-order valence-corrected chi connectivity index (χ1v) is 31.6. The molecule has 0 spiro atoms. The van der Waals surface area contributed by atoms with Crippen molar-refractivity contribution in [1.82, 2.24) is 0 Å². The van der Waals surface area contributed by atoms with E-state index >= 15 is 0 Å². The summed E-state index contributed by atoms with van der Waals surface area (Å²) in [5.41, 5.74) is 0. The van der Waals surface area contributed by atoms with E-state index in [1.165, 1.54) is 122 Å². The van der Waals surface area contributed by atoms with E-state index in [1.54, 1.807) is 0 Å². The molecule has 1 heterocycles. The van der Waals surface area contributed by atoms with Crippen LogP contribution in [0.1, 0.15) is 290 Å². The van der Waals surface area contributed by atoms with Gasteiger partial charge in [-0.2, -0.15) is 0 Å². The lowest BCUT2D eigenvalue weighted by Crippen LogP contribution is -2.61. The maximum atomic E-state index is 13.2. The highest BCUT2D eigenvalue weighted by molar-refractivity contribution is 5.74. The standard InChI is InChI=1S/C65H114O12/c1-4-7-10-13-16-19-22-24-26-28-29-31-32-34-37-39-42-45-48-51-57(66)73-54-56(75-58(67)52-49-46-43-41-38-35-33-30-27-25-23-20-17-14-11-8-5-2)55-74-65-63(61(70)60(69)62(77-65)64(71)72)76-59(68)53-50-47-44-40-36-21-18-15-12-9-6-3/h7,10,16,19,24,26,29,31,56,60-63,65,69-70H,4-6,8-9,11-15,17-18,20-23,25,27-28,30,32-55H2,1-3H3,(H,71,72)/b10-7-,19-16-,26-24-,31-29-. The van der Waals surface area contributed by atoms with Crippen LogP contribution in [0.15, 0.2) is 48.6 Å². The molecule has 1 saturated heterocycles. The Balaban J connectivity index is 2.65. The molecule has 1 rings (SSSR count). The predicted molar refractivity (Wildman–Crippen MR) is 312 cm³/mol. The van der Waals surface area contributed by atoms with E-state index in [2.05, 4.69) is 69.4 Å². The first kappa shape index (κ1) is 71.7. The van der Waals surface area contributed by atoms with Crippen LogP contribution in [-0.4, -0.2) is 89.2 Å². The van der Waals surface area contributed by atoms with Gasteiger partial charge in [-0.25, -0.2) is 4.79 Å². The highest BCUT2D eigenvalue weighted by atomic mass is 16.7. The van der Waals surface area contributed by atoms with Crippen molar-refractivity contribution in [2.45, 2.75) is 327 Å². The van der Waals surface area contributed by atoms with Gasteiger partial charge in [0.05, 0.1) is 6.61 Å². The average molecular weight is 1090 g/mol. The Bertz CT molecular complexity index is 1520. The predicted octanol–water partition coefficient (Wildman–Crippen LogP) is 16.6. The normalized spacial score (nSPS) is 18.3. The van der Waals surface area contributed by atoms with Gasteiger partial charge in [-0.3, -0.25) is 14.4 Å². The van der Waals surface area contributed by atoms with Crippen molar-refractivity contribution in [3.8, 4) is 0 Å². The number of allylic oxidation sites excluding steroid dienone is 8. The summed E-state index contributed by atoms with van der Waals surface area (Å²) in [5, 5.41) is 31.5. The molecule has 1 aliphatic heterocycles. The number of carboxylic acids is 1. The molecular formula is C65H114O12. The van der Waals surface area contributed by atoms with Crippen LogP contribution in [0.25, 0.3) is 0 Å². The van der Waals surface area contributed by atoms with Crippen LogP contribution in [0, 0.1) is 0 Å². The van der Waals surface area contributed by atoms with Gasteiger partial charge >= 0.3 is 23.9 Å². The summed E-state index contributed by atoms with van der Waals surface area (Å²) in [4.78, 5) is 51.2. The molecule has 12 heteroatoms. The molecule has 0 bridgehead atoms. The van der Waals surface area contributed by atoms with Crippen LogP contribution in [0.2, 0.25) is 0 Å². The van der Waals surface area contributed by atoms with Crippen LogP contribution < -0.4 is 0 Å². The Morgan fingerprint density at radius 2 is 0.818 bits per heavy atom. The summed E-state index contributed by atoms with van der Waals surface area (Å²) in [6.07, 6.45) is 52.2. The molecule has 6 atom stereocenters. The number of carbonyl (C=O) groups excluding carboxylic acids is 3. The molecule has 1 aliphatic rings. The minimum atomic E-state index is -1.90. The molecule has 0 saturated carbocycles. The van der Waals surface area contributed by atoms with Crippen molar-refractivity contribution in [1.29, 1.82) is 0 Å². The molecule has 3 N–H and O–H groups in total. The summed E-state index contributed by atoms with van der Waals surface area (Å²) < 4.78 is 28.5. The molecule has 0 aliphatic carbocycles. The number of hydrogen-bond donors (Lipinski definition) is 3. The molecule has 6 unspecified atom stereocenters. The first-order chi connectivity index (χ1) is 37.6. The maximum absolute atomic E-state index is 13.2. The fraction of sp³-hybridized carbons (Fsp3) is 0.815. The monoisotopic (exact) mass is 1090 g/mol. The Labute approximate surface area is 469 Å². The molecule has 0 aromatic heterocycles. The van der Waals surface area contributed by atoms with Crippen molar-refractivity contribution < 1.29 is 58.2 Å².